The summed E-state index contributed by atoms with van der Waals surface area (Å²) in [4.78, 5) is 39.0. The number of allylic oxidation sites excluding steroid dienone is 3. The van der Waals surface area contributed by atoms with E-state index >= 15 is 0 Å². The maximum atomic E-state index is 13.8. The Balaban J connectivity index is 1.82. The minimum Gasteiger partial charge on any atom is -0.490 e. The Bertz CT molecular complexity index is 1340. The first-order valence-corrected chi connectivity index (χ1v) is 13.7. The maximum absolute atomic E-state index is 13.8. The molecule has 0 aromatic heterocycles. The normalized spacial score (nSPS) is 19.7. The van der Waals surface area contributed by atoms with E-state index in [1.54, 1.807) is 18.2 Å². The Morgan fingerprint density at radius 2 is 1.74 bits per heavy atom. The van der Waals surface area contributed by atoms with Crippen LogP contribution >= 0.6 is 11.6 Å². The zero-order chi connectivity index (χ0) is 28.3. The summed E-state index contributed by atoms with van der Waals surface area (Å²) in [5.41, 5.74) is 4.07. The number of esters is 2. The number of rotatable bonds is 8. The van der Waals surface area contributed by atoms with Gasteiger partial charge >= 0.3 is 11.9 Å². The van der Waals surface area contributed by atoms with Crippen LogP contribution in [0.5, 0.6) is 11.5 Å². The maximum Gasteiger partial charge on any atom is 0.337 e. The fraction of sp³-hybridized carbons (Fsp3) is 0.387. The van der Waals surface area contributed by atoms with Crippen LogP contribution < -0.4 is 14.8 Å². The van der Waals surface area contributed by atoms with E-state index in [2.05, 4.69) is 5.32 Å². The quantitative estimate of drug-likeness (QED) is 0.301. The van der Waals surface area contributed by atoms with Crippen molar-refractivity contribution in [1.29, 1.82) is 0 Å². The number of ether oxygens (including phenoxy) is 3. The molecule has 2 aromatic rings. The van der Waals surface area contributed by atoms with Gasteiger partial charge < -0.3 is 19.5 Å². The lowest BCUT2D eigenvalue weighted by Gasteiger charge is -2.37. The van der Waals surface area contributed by atoms with Crippen molar-refractivity contribution >= 4 is 29.3 Å². The van der Waals surface area contributed by atoms with Gasteiger partial charge in [-0.3, -0.25) is 9.59 Å². The molecule has 39 heavy (non-hydrogen) atoms. The molecule has 1 aliphatic carbocycles. The van der Waals surface area contributed by atoms with Crippen LogP contribution in [-0.2, 0) is 19.1 Å². The van der Waals surface area contributed by atoms with Crippen molar-refractivity contribution in [2.24, 2.45) is 0 Å². The van der Waals surface area contributed by atoms with Gasteiger partial charge in [0, 0.05) is 41.3 Å². The number of halogens is 1. The van der Waals surface area contributed by atoms with Gasteiger partial charge in [-0.1, -0.05) is 36.7 Å². The summed E-state index contributed by atoms with van der Waals surface area (Å²) in [6.45, 7) is 9.11. The predicted molar refractivity (Wildman–Crippen MR) is 149 cm³/mol. The van der Waals surface area contributed by atoms with Crippen LogP contribution in [0.3, 0.4) is 0 Å². The number of benzene rings is 2. The van der Waals surface area contributed by atoms with Crippen LogP contribution in [-0.4, -0.2) is 30.4 Å². The molecule has 0 fully saturated rings. The van der Waals surface area contributed by atoms with Crippen molar-refractivity contribution in [2.45, 2.75) is 71.8 Å². The molecule has 8 heteroatoms. The second-order valence-corrected chi connectivity index (χ2v) is 10.4. The zero-order valence-electron chi connectivity index (χ0n) is 22.9. The molecule has 2 aromatic carbocycles. The SMILES string of the molecule is CCOc1cc(C2C(C(=O)OC(C)CC)=C(C)NC3=C2C(=O)CC(c2ccc(Cl)cc2)C3)ccc1OC(C)=O. The number of nitrogens with one attached hydrogen (secondary N) is 1. The minimum absolute atomic E-state index is 0.0200. The Hall–Kier alpha value is -3.58. The largest absolute Gasteiger partial charge is 0.490 e. The third-order valence-corrected chi connectivity index (χ3v) is 7.38. The number of Topliss-reactive ketones (excluding diaryl/α,β-unsaturated/α-hetero) is 1. The molecule has 0 saturated heterocycles. The van der Waals surface area contributed by atoms with E-state index in [-0.39, 0.29) is 23.6 Å². The van der Waals surface area contributed by atoms with Crippen molar-refractivity contribution in [3.63, 3.8) is 0 Å². The highest BCUT2D eigenvalue weighted by molar-refractivity contribution is 6.30. The Labute approximate surface area is 234 Å². The fourth-order valence-electron chi connectivity index (χ4n) is 5.15. The fourth-order valence-corrected chi connectivity index (χ4v) is 5.28. The summed E-state index contributed by atoms with van der Waals surface area (Å²) in [6.07, 6.45) is 1.29. The van der Waals surface area contributed by atoms with E-state index in [0.29, 0.717) is 59.0 Å². The van der Waals surface area contributed by atoms with Crippen molar-refractivity contribution in [3.05, 3.63) is 81.2 Å². The standard InChI is InChI=1S/C31H34ClNO6/c1-6-17(3)38-31(36)28-18(4)33-24-14-22(20-8-11-23(32)12-9-20)15-25(35)30(24)29(28)21-10-13-26(39-19(5)34)27(16-21)37-7-2/h8-13,16-17,22,29,33H,6-7,14-15H2,1-5H3. The average Bonchev–Trinajstić information content (AvgIpc) is 2.88. The van der Waals surface area contributed by atoms with E-state index in [9.17, 15) is 14.4 Å². The van der Waals surface area contributed by atoms with Crippen molar-refractivity contribution < 1.29 is 28.6 Å². The molecule has 7 nitrogen and oxygen atoms in total. The van der Waals surface area contributed by atoms with Gasteiger partial charge in [-0.15, -0.1) is 0 Å². The molecule has 1 aliphatic heterocycles. The number of hydrogen-bond donors (Lipinski definition) is 1. The molecule has 0 amide bonds. The first-order valence-electron chi connectivity index (χ1n) is 13.3. The van der Waals surface area contributed by atoms with Crippen molar-refractivity contribution in [3.8, 4) is 11.5 Å². The number of hydrogen-bond acceptors (Lipinski definition) is 7. The summed E-state index contributed by atoms with van der Waals surface area (Å²) in [5, 5.41) is 4.01. The van der Waals surface area contributed by atoms with E-state index in [1.807, 2.05) is 52.0 Å². The van der Waals surface area contributed by atoms with Crippen molar-refractivity contribution in [2.75, 3.05) is 6.61 Å². The summed E-state index contributed by atoms with van der Waals surface area (Å²) in [5.74, 6) is -1.04. The zero-order valence-corrected chi connectivity index (χ0v) is 23.7. The van der Waals surface area contributed by atoms with E-state index in [4.69, 9.17) is 25.8 Å². The summed E-state index contributed by atoms with van der Waals surface area (Å²) < 4.78 is 16.9. The third kappa shape index (κ3) is 6.19. The molecular weight excluding hydrogens is 518 g/mol. The third-order valence-electron chi connectivity index (χ3n) is 7.13. The van der Waals surface area contributed by atoms with Gasteiger partial charge in [0.05, 0.1) is 18.3 Å². The van der Waals surface area contributed by atoms with Crippen LogP contribution in [0.25, 0.3) is 0 Å². The molecule has 1 N–H and O–H groups in total. The molecular formula is C31H34ClNO6. The van der Waals surface area contributed by atoms with Gasteiger partial charge in [-0.05, 0) is 74.9 Å². The molecule has 0 saturated carbocycles. The average molecular weight is 552 g/mol. The topological polar surface area (TPSA) is 90.9 Å². The highest BCUT2D eigenvalue weighted by Gasteiger charge is 2.42. The van der Waals surface area contributed by atoms with Crippen LogP contribution in [0, 0.1) is 0 Å². The van der Waals surface area contributed by atoms with Crippen molar-refractivity contribution in [1.82, 2.24) is 5.32 Å². The van der Waals surface area contributed by atoms with Crippen LogP contribution in [0.2, 0.25) is 5.02 Å². The molecule has 0 spiro atoms. The molecule has 0 radical (unpaired) electrons. The molecule has 206 valence electrons. The van der Waals surface area contributed by atoms with Gasteiger partial charge in [0.2, 0.25) is 0 Å². The van der Waals surface area contributed by atoms with Crippen LogP contribution in [0.1, 0.15) is 76.8 Å². The molecule has 3 unspecified atom stereocenters. The van der Waals surface area contributed by atoms with Crippen LogP contribution in [0.4, 0.5) is 0 Å². The lowest BCUT2D eigenvalue weighted by molar-refractivity contribution is -0.144. The molecule has 0 bridgehead atoms. The molecule has 1 heterocycles. The van der Waals surface area contributed by atoms with Gasteiger partial charge in [0.15, 0.2) is 17.3 Å². The minimum atomic E-state index is -0.665. The predicted octanol–water partition coefficient (Wildman–Crippen LogP) is 6.37. The Morgan fingerprint density at radius 3 is 2.38 bits per heavy atom. The molecule has 4 rings (SSSR count). The lowest BCUT2D eigenvalue weighted by Crippen LogP contribution is -2.36. The number of ketones is 1. The monoisotopic (exact) mass is 551 g/mol. The summed E-state index contributed by atoms with van der Waals surface area (Å²) in [6, 6.07) is 12.7. The second-order valence-electron chi connectivity index (χ2n) is 9.93. The number of carbonyl (C=O) groups excluding carboxylic acids is 3. The van der Waals surface area contributed by atoms with E-state index in [1.165, 1.54) is 6.92 Å². The van der Waals surface area contributed by atoms with Gasteiger partial charge in [0.25, 0.3) is 0 Å². The molecule has 3 atom stereocenters. The van der Waals surface area contributed by atoms with Gasteiger partial charge in [-0.25, -0.2) is 4.79 Å². The second kappa shape index (κ2) is 12.1. The Morgan fingerprint density at radius 1 is 1.05 bits per heavy atom. The first-order chi connectivity index (χ1) is 18.6. The van der Waals surface area contributed by atoms with E-state index < -0.39 is 17.9 Å². The van der Waals surface area contributed by atoms with E-state index in [0.717, 1.165) is 11.3 Å². The number of carbonyl (C=O) groups is 3. The Kier molecular flexibility index (Phi) is 8.80. The first kappa shape index (κ1) is 28.4. The van der Waals surface area contributed by atoms with Gasteiger partial charge in [0.1, 0.15) is 0 Å². The smallest absolute Gasteiger partial charge is 0.337 e. The van der Waals surface area contributed by atoms with Crippen LogP contribution in [0.15, 0.2) is 65.0 Å². The number of dihydropyridines is 1. The van der Waals surface area contributed by atoms with Gasteiger partial charge in [-0.2, -0.15) is 0 Å². The summed E-state index contributed by atoms with van der Waals surface area (Å²) in [7, 11) is 0. The molecule has 2 aliphatic rings. The summed E-state index contributed by atoms with van der Waals surface area (Å²) >= 11 is 6.09. The lowest BCUT2D eigenvalue weighted by atomic mass is 9.71. The highest BCUT2D eigenvalue weighted by Crippen LogP contribution is 2.47. The highest BCUT2D eigenvalue weighted by atomic mass is 35.5.